The molecular weight excluding hydrogens is 350 g/mol. The Labute approximate surface area is 160 Å². The van der Waals surface area contributed by atoms with Crippen molar-refractivity contribution in [1.82, 2.24) is 5.32 Å². The summed E-state index contributed by atoms with van der Waals surface area (Å²) in [5.41, 5.74) is 4.48. The first kappa shape index (κ1) is 18.9. The Bertz CT molecular complexity index is 791. The molecule has 3 rings (SSSR count). The van der Waals surface area contributed by atoms with Crippen molar-refractivity contribution in [3.8, 4) is 17.2 Å². The topological polar surface area (TPSA) is 39.7 Å². The molecule has 0 amide bonds. The van der Waals surface area contributed by atoms with Crippen LogP contribution in [0.15, 0.2) is 24.3 Å². The van der Waals surface area contributed by atoms with E-state index in [0.717, 1.165) is 41.3 Å². The van der Waals surface area contributed by atoms with Gasteiger partial charge in [-0.25, -0.2) is 0 Å². The molecule has 1 atom stereocenters. The molecule has 0 fully saturated rings. The third kappa shape index (κ3) is 3.49. The second-order valence-electron chi connectivity index (χ2n) is 6.31. The number of halogens is 1. The molecule has 2 aromatic carbocycles. The van der Waals surface area contributed by atoms with Gasteiger partial charge >= 0.3 is 0 Å². The minimum absolute atomic E-state index is 0.00260. The molecule has 0 aliphatic carbocycles. The quantitative estimate of drug-likeness (QED) is 0.795. The number of aryl methyl sites for hydroxylation is 1. The molecule has 4 nitrogen and oxygen atoms in total. The first-order chi connectivity index (χ1) is 12.6. The third-order valence-electron chi connectivity index (χ3n) is 4.67. The zero-order valence-corrected chi connectivity index (χ0v) is 16.6. The molecule has 26 heavy (non-hydrogen) atoms. The fourth-order valence-electron chi connectivity index (χ4n) is 3.65. The van der Waals surface area contributed by atoms with E-state index >= 15 is 0 Å². The summed E-state index contributed by atoms with van der Waals surface area (Å²) in [4.78, 5) is 0. The summed E-state index contributed by atoms with van der Waals surface area (Å²) in [6.07, 6.45) is 0.891. The summed E-state index contributed by atoms with van der Waals surface area (Å²) in [6.45, 7) is 8.09. The van der Waals surface area contributed by atoms with E-state index in [1.54, 1.807) is 7.11 Å². The Morgan fingerprint density at radius 1 is 1.08 bits per heavy atom. The monoisotopic (exact) mass is 375 g/mol. The van der Waals surface area contributed by atoms with Gasteiger partial charge in [-0.1, -0.05) is 17.7 Å². The second-order valence-corrected chi connectivity index (χ2v) is 6.75. The van der Waals surface area contributed by atoms with Crippen molar-refractivity contribution < 1.29 is 14.2 Å². The van der Waals surface area contributed by atoms with Gasteiger partial charge in [0.15, 0.2) is 11.5 Å². The zero-order valence-electron chi connectivity index (χ0n) is 15.8. The molecule has 1 unspecified atom stereocenters. The molecule has 1 heterocycles. The number of hydrogen-bond donors (Lipinski definition) is 1. The molecule has 5 heteroatoms. The van der Waals surface area contributed by atoms with Crippen LogP contribution in [0.3, 0.4) is 0 Å². The molecule has 0 radical (unpaired) electrons. The third-order valence-corrected chi connectivity index (χ3v) is 4.89. The van der Waals surface area contributed by atoms with Crippen LogP contribution in [-0.2, 0) is 6.42 Å². The van der Waals surface area contributed by atoms with Gasteiger partial charge in [-0.15, -0.1) is 0 Å². The number of methoxy groups -OCH3 is 1. The van der Waals surface area contributed by atoms with E-state index in [2.05, 4.69) is 11.4 Å². The van der Waals surface area contributed by atoms with Crippen LogP contribution in [0.5, 0.6) is 17.2 Å². The van der Waals surface area contributed by atoms with E-state index in [4.69, 9.17) is 25.8 Å². The average molecular weight is 376 g/mol. The van der Waals surface area contributed by atoms with Crippen LogP contribution >= 0.6 is 11.6 Å². The van der Waals surface area contributed by atoms with E-state index in [0.29, 0.717) is 18.2 Å². The summed E-state index contributed by atoms with van der Waals surface area (Å²) in [7, 11) is 1.68. The van der Waals surface area contributed by atoms with Crippen LogP contribution in [0.2, 0.25) is 5.02 Å². The molecule has 0 saturated carbocycles. The van der Waals surface area contributed by atoms with Crippen LogP contribution in [0.1, 0.15) is 42.1 Å². The maximum absolute atomic E-state index is 6.37. The van der Waals surface area contributed by atoms with Gasteiger partial charge in [0.25, 0.3) is 0 Å². The number of hydrogen-bond acceptors (Lipinski definition) is 4. The molecule has 1 N–H and O–H groups in total. The van der Waals surface area contributed by atoms with E-state index < -0.39 is 0 Å². The van der Waals surface area contributed by atoms with E-state index in [-0.39, 0.29) is 6.04 Å². The maximum atomic E-state index is 6.37. The number of benzene rings is 2. The summed E-state index contributed by atoms with van der Waals surface area (Å²) in [5, 5.41) is 4.33. The van der Waals surface area contributed by atoms with Crippen molar-refractivity contribution in [2.45, 2.75) is 33.2 Å². The van der Waals surface area contributed by atoms with Crippen LogP contribution in [0.25, 0.3) is 0 Å². The van der Waals surface area contributed by atoms with Crippen molar-refractivity contribution in [1.29, 1.82) is 0 Å². The molecule has 140 valence electrons. The van der Waals surface area contributed by atoms with Gasteiger partial charge in [0.2, 0.25) is 0 Å². The molecular formula is C21H26ClNO3. The van der Waals surface area contributed by atoms with E-state index in [9.17, 15) is 0 Å². The zero-order chi connectivity index (χ0) is 18.7. The Morgan fingerprint density at radius 3 is 2.50 bits per heavy atom. The highest BCUT2D eigenvalue weighted by molar-refractivity contribution is 6.30. The largest absolute Gasteiger partial charge is 0.493 e. The lowest BCUT2D eigenvalue weighted by Gasteiger charge is -2.31. The standard InChI is InChI=1S/C21H26ClNO3/c1-5-25-20-13(3)11-14(22)12-17(20)19-15-7-8-18(24-4)21(26-6-2)16(15)9-10-23-19/h7-8,11-12,19,23H,5-6,9-10H2,1-4H3. The Morgan fingerprint density at radius 2 is 1.81 bits per heavy atom. The first-order valence-corrected chi connectivity index (χ1v) is 9.47. The van der Waals surface area contributed by atoms with E-state index in [1.165, 1.54) is 11.1 Å². The Kier molecular flexibility index (Phi) is 5.94. The molecule has 0 bridgehead atoms. The molecule has 2 aromatic rings. The minimum atomic E-state index is 0.00260. The highest BCUT2D eigenvalue weighted by atomic mass is 35.5. The maximum Gasteiger partial charge on any atom is 0.164 e. The van der Waals surface area contributed by atoms with Crippen molar-refractivity contribution in [2.24, 2.45) is 0 Å². The van der Waals surface area contributed by atoms with Crippen LogP contribution in [0, 0.1) is 6.92 Å². The van der Waals surface area contributed by atoms with Gasteiger partial charge in [0.1, 0.15) is 5.75 Å². The number of fused-ring (bicyclic) bond motifs is 1. The predicted octanol–water partition coefficient (Wildman–Crippen LogP) is 4.69. The summed E-state index contributed by atoms with van der Waals surface area (Å²) >= 11 is 6.37. The van der Waals surface area contributed by atoms with Crippen molar-refractivity contribution in [3.05, 3.63) is 51.5 Å². The van der Waals surface area contributed by atoms with E-state index in [1.807, 2.05) is 39.0 Å². The molecule has 0 spiro atoms. The Balaban J connectivity index is 2.15. The SMILES string of the molecule is CCOc1c(C)cc(Cl)cc1C1NCCc2c1ccc(OC)c2OCC. The highest BCUT2D eigenvalue weighted by Gasteiger charge is 2.28. The van der Waals surface area contributed by atoms with Crippen molar-refractivity contribution >= 4 is 11.6 Å². The van der Waals surface area contributed by atoms with Gasteiger partial charge in [-0.2, -0.15) is 0 Å². The molecule has 0 aromatic heterocycles. The van der Waals surface area contributed by atoms with Gasteiger partial charge in [0, 0.05) is 22.7 Å². The average Bonchev–Trinajstić information content (AvgIpc) is 2.64. The van der Waals surface area contributed by atoms with Crippen LogP contribution in [-0.4, -0.2) is 26.9 Å². The number of nitrogens with one attached hydrogen (secondary N) is 1. The lowest BCUT2D eigenvalue weighted by atomic mass is 9.88. The number of rotatable bonds is 6. The lowest BCUT2D eigenvalue weighted by Crippen LogP contribution is -2.31. The summed E-state index contributed by atoms with van der Waals surface area (Å²) in [6, 6.07) is 8.03. The van der Waals surface area contributed by atoms with Gasteiger partial charge in [0.05, 0.1) is 26.4 Å². The van der Waals surface area contributed by atoms with Gasteiger partial charge < -0.3 is 19.5 Å². The summed E-state index contributed by atoms with van der Waals surface area (Å²) < 4.78 is 17.4. The Hall–Kier alpha value is -1.91. The summed E-state index contributed by atoms with van der Waals surface area (Å²) in [5.74, 6) is 2.52. The molecule has 1 aliphatic heterocycles. The van der Waals surface area contributed by atoms with Gasteiger partial charge in [-0.3, -0.25) is 0 Å². The fourth-order valence-corrected chi connectivity index (χ4v) is 3.94. The molecule has 1 aliphatic rings. The van der Waals surface area contributed by atoms with Crippen molar-refractivity contribution in [3.63, 3.8) is 0 Å². The fraction of sp³-hybridized carbons (Fsp3) is 0.429. The smallest absolute Gasteiger partial charge is 0.164 e. The van der Waals surface area contributed by atoms with Crippen molar-refractivity contribution in [2.75, 3.05) is 26.9 Å². The molecule has 0 saturated heterocycles. The first-order valence-electron chi connectivity index (χ1n) is 9.09. The lowest BCUT2D eigenvalue weighted by molar-refractivity contribution is 0.304. The van der Waals surface area contributed by atoms with Gasteiger partial charge in [-0.05, 0) is 56.5 Å². The minimum Gasteiger partial charge on any atom is -0.493 e. The second kappa shape index (κ2) is 8.19. The number of ether oxygens (including phenoxy) is 3. The van der Waals surface area contributed by atoms with Crippen LogP contribution < -0.4 is 19.5 Å². The predicted molar refractivity (Wildman–Crippen MR) is 105 cm³/mol. The highest BCUT2D eigenvalue weighted by Crippen LogP contribution is 2.43. The normalized spacial score (nSPS) is 16.1. The van der Waals surface area contributed by atoms with Crippen LogP contribution in [0.4, 0.5) is 0 Å².